The zero-order valence-electron chi connectivity index (χ0n) is 8.76. The van der Waals surface area contributed by atoms with Gasteiger partial charge in [-0.15, -0.1) is 0 Å². The number of hydrogen-bond acceptors (Lipinski definition) is 3. The number of hydrogen-bond donors (Lipinski definition) is 1. The zero-order chi connectivity index (χ0) is 11.8. The fourth-order valence-electron chi connectivity index (χ4n) is 1.07. The molecular formula is C13H12N2O. The van der Waals surface area contributed by atoms with Gasteiger partial charge in [-0.25, -0.2) is 0 Å². The lowest BCUT2D eigenvalue weighted by Gasteiger charge is -2.05. The molecule has 0 saturated heterocycles. The van der Waals surface area contributed by atoms with E-state index in [2.05, 4.69) is 6.58 Å². The molecule has 1 aromatic rings. The van der Waals surface area contributed by atoms with Crippen molar-refractivity contribution >= 4 is 0 Å². The number of ether oxygens (including phenoxy) is 1. The Morgan fingerprint density at radius 2 is 2.06 bits per heavy atom. The van der Waals surface area contributed by atoms with Gasteiger partial charge in [-0.1, -0.05) is 12.7 Å². The van der Waals surface area contributed by atoms with E-state index in [9.17, 15) is 0 Å². The molecule has 80 valence electrons. The van der Waals surface area contributed by atoms with E-state index < -0.39 is 0 Å². The van der Waals surface area contributed by atoms with E-state index in [0.29, 0.717) is 17.1 Å². The van der Waals surface area contributed by atoms with Crippen molar-refractivity contribution in [1.82, 2.24) is 0 Å². The lowest BCUT2D eigenvalue weighted by Crippen LogP contribution is -1.93. The van der Waals surface area contributed by atoms with E-state index in [-0.39, 0.29) is 0 Å². The summed E-state index contributed by atoms with van der Waals surface area (Å²) in [6, 6.07) is 8.86. The van der Waals surface area contributed by atoms with Crippen molar-refractivity contribution in [1.29, 1.82) is 5.26 Å². The summed E-state index contributed by atoms with van der Waals surface area (Å²) < 4.78 is 5.51. The topological polar surface area (TPSA) is 59.0 Å². The van der Waals surface area contributed by atoms with Crippen LogP contribution in [-0.2, 0) is 0 Å². The molecule has 0 saturated carbocycles. The van der Waals surface area contributed by atoms with Crippen LogP contribution in [0.25, 0.3) is 0 Å². The molecule has 0 amide bonds. The van der Waals surface area contributed by atoms with Gasteiger partial charge in [0.2, 0.25) is 0 Å². The Kier molecular flexibility index (Phi) is 4.42. The van der Waals surface area contributed by atoms with Crippen molar-refractivity contribution in [2.45, 2.75) is 0 Å². The molecule has 3 nitrogen and oxygen atoms in total. The number of benzene rings is 1. The fraction of sp³-hybridized carbons (Fsp3) is 0. The van der Waals surface area contributed by atoms with E-state index in [1.807, 2.05) is 6.07 Å². The highest BCUT2D eigenvalue weighted by Gasteiger charge is 1.96. The molecule has 0 unspecified atom stereocenters. The minimum atomic E-state index is 0.585. The molecular weight excluding hydrogens is 200 g/mol. The molecule has 1 rings (SSSR count). The lowest BCUT2D eigenvalue weighted by molar-refractivity contribution is 0.444. The molecule has 2 N–H and O–H groups in total. The van der Waals surface area contributed by atoms with Crippen molar-refractivity contribution in [3.63, 3.8) is 0 Å². The van der Waals surface area contributed by atoms with Crippen molar-refractivity contribution < 1.29 is 4.74 Å². The van der Waals surface area contributed by atoms with E-state index in [1.165, 1.54) is 6.20 Å². The molecule has 0 atom stereocenters. The summed E-state index contributed by atoms with van der Waals surface area (Å²) in [5.74, 6) is 1.23. The van der Waals surface area contributed by atoms with Gasteiger partial charge in [-0.05, 0) is 42.6 Å². The Morgan fingerprint density at radius 3 is 2.56 bits per heavy atom. The van der Waals surface area contributed by atoms with Gasteiger partial charge >= 0.3 is 0 Å². The van der Waals surface area contributed by atoms with E-state index in [4.69, 9.17) is 15.7 Å². The monoisotopic (exact) mass is 212 g/mol. The Bertz CT molecular complexity index is 450. The number of nitrogens with zero attached hydrogens (tertiary/aromatic N) is 1. The lowest BCUT2D eigenvalue weighted by atomic mass is 10.2. The normalized spacial score (nSPS) is 11.1. The Morgan fingerprint density at radius 1 is 1.38 bits per heavy atom. The van der Waals surface area contributed by atoms with E-state index in [1.54, 1.807) is 42.5 Å². The van der Waals surface area contributed by atoms with Gasteiger partial charge < -0.3 is 10.5 Å². The summed E-state index contributed by atoms with van der Waals surface area (Å²) in [7, 11) is 0. The van der Waals surface area contributed by atoms with Crippen molar-refractivity contribution in [3.05, 3.63) is 66.6 Å². The molecule has 0 aliphatic carbocycles. The van der Waals surface area contributed by atoms with Crippen LogP contribution in [0.2, 0.25) is 0 Å². The first-order valence-electron chi connectivity index (χ1n) is 4.69. The summed E-state index contributed by atoms with van der Waals surface area (Å²) in [4.78, 5) is 0. The quantitative estimate of drug-likeness (QED) is 0.616. The minimum Gasteiger partial charge on any atom is -0.457 e. The molecule has 0 aliphatic rings. The number of nitrogens with two attached hydrogens (primary N) is 1. The molecule has 1 aromatic carbocycles. The molecule has 0 aromatic heterocycles. The predicted molar refractivity (Wildman–Crippen MR) is 63.4 cm³/mol. The zero-order valence-corrected chi connectivity index (χ0v) is 8.76. The fourth-order valence-corrected chi connectivity index (χ4v) is 1.07. The predicted octanol–water partition coefficient (Wildman–Crippen LogP) is 2.48. The molecule has 0 spiro atoms. The molecule has 0 fully saturated rings. The largest absolute Gasteiger partial charge is 0.457 e. The average Bonchev–Trinajstić information content (AvgIpc) is 2.31. The Balaban J connectivity index is 2.82. The third-order valence-corrected chi connectivity index (χ3v) is 1.76. The molecule has 0 bridgehead atoms. The maximum absolute atomic E-state index is 8.64. The minimum absolute atomic E-state index is 0.585. The standard InChI is InChI=1S/C13H12N2O/c1-2-3-12(8-9-14)16-13-6-4-11(10-15)5-7-13/h2-9H,1,14H2/b9-8-,12-3+. The maximum Gasteiger partial charge on any atom is 0.128 e. The van der Waals surface area contributed by atoms with Crippen LogP contribution in [0.5, 0.6) is 5.75 Å². The van der Waals surface area contributed by atoms with Crippen LogP contribution in [0.1, 0.15) is 5.56 Å². The second kappa shape index (κ2) is 6.10. The van der Waals surface area contributed by atoms with Crippen LogP contribution >= 0.6 is 0 Å². The summed E-state index contributed by atoms with van der Waals surface area (Å²) in [5.41, 5.74) is 5.87. The van der Waals surface area contributed by atoms with Gasteiger partial charge in [0.1, 0.15) is 11.5 Å². The Hall–Kier alpha value is -2.47. The number of allylic oxidation sites excluding steroid dienone is 3. The first kappa shape index (κ1) is 11.6. The van der Waals surface area contributed by atoms with Crippen LogP contribution in [-0.4, -0.2) is 0 Å². The number of rotatable bonds is 4. The summed E-state index contributed by atoms with van der Waals surface area (Å²) >= 11 is 0. The Labute approximate surface area is 94.8 Å². The van der Waals surface area contributed by atoms with Crippen LogP contribution in [0.3, 0.4) is 0 Å². The second-order valence-corrected chi connectivity index (χ2v) is 2.90. The van der Waals surface area contributed by atoms with Crippen molar-refractivity contribution in [2.24, 2.45) is 5.73 Å². The van der Waals surface area contributed by atoms with Crippen molar-refractivity contribution in [3.8, 4) is 11.8 Å². The molecule has 3 heteroatoms. The highest BCUT2D eigenvalue weighted by molar-refractivity contribution is 5.36. The molecule has 0 aliphatic heterocycles. The molecule has 0 heterocycles. The van der Waals surface area contributed by atoms with Gasteiger partial charge in [0.25, 0.3) is 0 Å². The second-order valence-electron chi connectivity index (χ2n) is 2.90. The first-order chi connectivity index (χ1) is 7.80. The average molecular weight is 212 g/mol. The van der Waals surface area contributed by atoms with E-state index >= 15 is 0 Å². The van der Waals surface area contributed by atoms with Crippen LogP contribution in [0, 0.1) is 11.3 Å². The van der Waals surface area contributed by atoms with E-state index in [0.717, 1.165) is 0 Å². The third-order valence-electron chi connectivity index (χ3n) is 1.76. The highest BCUT2D eigenvalue weighted by atomic mass is 16.5. The maximum atomic E-state index is 8.64. The molecule has 0 radical (unpaired) electrons. The molecule has 16 heavy (non-hydrogen) atoms. The first-order valence-corrected chi connectivity index (χ1v) is 4.69. The highest BCUT2D eigenvalue weighted by Crippen LogP contribution is 2.15. The van der Waals surface area contributed by atoms with Gasteiger partial charge in [-0.3, -0.25) is 0 Å². The SMILES string of the molecule is C=C/C=C(\C=C/N)Oc1ccc(C#N)cc1. The van der Waals surface area contributed by atoms with Gasteiger partial charge in [0.05, 0.1) is 11.6 Å². The van der Waals surface area contributed by atoms with Crippen LogP contribution < -0.4 is 10.5 Å². The van der Waals surface area contributed by atoms with Gasteiger partial charge in [0.15, 0.2) is 0 Å². The van der Waals surface area contributed by atoms with Gasteiger partial charge in [0, 0.05) is 0 Å². The van der Waals surface area contributed by atoms with Crippen LogP contribution in [0.15, 0.2) is 61.0 Å². The van der Waals surface area contributed by atoms with Crippen LogP contribution in [0.4, 0.5) is 0 Å². The van der Waals surface area contributed by atoms with Gasteiger partial charge in [-0.2, -0.15) is 5.26 Å². The summed E-state index contributed by atoms with van der Waals surface area (Å²) in [5, 5.41) is 8.64. The number of nitriles is 1. The summed E-state index contributed by atoms with van der Waals surface area (Å²) in [6.07, 6.45) is 6.32. The summed E-state index contributed by atoms with van der Waals surface area (Å²) in [6.45, 7) is 3.58. The smallest absolute Gasteiger partial charge is 0.128 e. The third kappa shape index (κ3) is 3.35. The van der Waals surface area contributed by atoms with Crippen molar-refractivity contribution in [2.75, 3.05) is 0 Å².